The lowest BCUT2D eigenvalue weighted by Crippen LogP contribution is -2.29. The lowest BCUT2D eigenvalue weighted by atomic mass is 10.1. The van der Waals surface area contributed by atoms with E-state index in [1.54, 1.807) is 0 Å². The highest BCUT2D eigenvalue weighted by molar-refractivity contribution is 7.97. The molecule has 2 rings (SSSR count). The van der Waals surface area contributed by atoms with E-state index in [1.807, 2.05) is 11.9 Å². The predicted molar refractivity (Wildman–Crippen MR) is 41.3 cm³/mol. The predicted octanol–water partition coefficient (Wildman–Crippen LogP) is 1.80. The van der Waals surface area contributed by atoms with Gasteiger partial charge in [-0.2, -0.15) is 0 Å². The van der Waals surface area contributed by atoms with Crippen LogP contribution in [0.5, 0.6) is 0 Å². The van der Waals surface area contributed by atoms with E-state index in [0.717, 1.165) is 12.0 Å². The summed E-state index contributed by atoms with van der Waals surface area (Å²) in [6.45, 7) is 0. The molecule has 0 spiro atoms. The lowest BCUT2D eigenvalue weighted by Gasteiger charge is -2.21. The molecule has 0 bridgehead atoms. The van der Waals surface area contributed by atoms with Crippen LogP contribution >= 0.6 is 11.9 Å². The topological polar surface area (TPSA) is 12.0 Å². The van der Waals surface area contributed by atoms with Crippen molar-refractivity contribution in [1.29, 1.82) is 0 Å². The molecule has 1 nitrogen and oxygen atoms in total. The van der Waals surface area contributed by atoms with Crippen LogP contribution in [0.1, 0.15) is 25.7 Å². The van der Waals surface area contributed by atoms with Gasteiger partial charge in [-0.05, 0) is 31.6 Å². The van der Waals surface area contributed by atoms with Crippen LogP contribution in [-0.4, -0.2) is 11.8 Å². The van der Waals surface area contributed by atoms with Gasteiger partial charge in [0, 0.05) is 11.8 Å². The van der Waals surface area contributed by atoms with E-state index < -0.39 is 0 Å². The fraction of sp³-hybridized carbons (Fsp3) is 1.00. The molecule has 0 aromatic carbocycles. The second-order valence-corrected chi connectivity index (χ2v) is 3.99. The minimum absolute atomic E-state index is 0.878. The van der Waals surface area contributed by atoms with Gasteiger partial charge in [-0.1, -0.05) is 11.9 Å². The van der Waals surface area contributed by atoms with Crippen molar-refractivity contribution >= 4 is 11.9 Å². The van der Waals surface area contributed by atoms with E-state index in [-0.39, 0.29) is 0 Å². The molecule has 2 aliphatic rings. The van der Waals surface area contributed by atoms with Crippen LogP contribution in [0.25, 0.3) is 0 Å². The van der Waals surface area contributed by atoms with Crippen LogP contribution < -0.4 is 4.72 Å². The maximum atomic E-state index is 3.50. The van der Waals surface area contributed by atoms with Crippen molar-refractivity contribution in [1.82, 2.24) is 4.72 Å². The average Bonchev–Trinajstić information content (AvgIpc) is 2.71. The number of hydrogen-bond acceptors (Lipinski definition) is 2. The zero-order valence-electron chi connectivity index (χ0n) is 5.60. The maximum Gasteiger partial charge on any atom is 0.0200 e. The number of hydrogen-bond donors (Lipinski definition) is 1. The lowest BCUT2D eigenvalue weighted by molar-refractivity contribution is 0.501. The summed E-state index contributed by atoms with van der Waals surface area (Å²) in [7, 11) is 0. The van der Waals surface area contributed by atoms with Crippen LogP contribution in [0.15, 0.2) is 0 Å². The Kier molecular flexibility index (Phi) is 1.68. The first-order valence-electron chi connectivity index (χ1n) is 3.84. The minimum Gasteiger partial charge on any atom is -0.261 e. The molecular weight excluding hydrogens is 130 g/mol. The van der Waals surface area contributed by atoms with Crippen molar-refractivity contribution in [2.45, 2.75) is 31.7 Å². The second kappa shape index (κ2) is 2.51. The van der Waals surface area contributed by atoms with Gasteiger partial charge in [0.25, 0.3) is 0 Å². The zero-order valence-corrected chi connectivity index (χ0v) is 6.41. The van der Waals surface area contributed by atoms with Crippen LogP contribution in [0, 0.1) is 5.92 Å². The van der Waals surface area contributed by atoms with Crippen molar-refractivity contribution in [2.75, 3.05) is 5.75 Å². The summed E-state index contributed by atoms with van der Waals surface area (Å²) < 4.78 is 3.50. The Labute approximate surface area is 60.7 Å². The van der Waals surface area contributed by atoms with Crippen molar-refractivity contribution in [3.63, 3.8) is 0 Å². The van der Waals surface area contributed by atoms with Crippen LogP contribution in [0.2, 0.25) is 0 Å². The van der Waals surface area contributed by atoms with Crippen LogP contribution in [0.4, 0.5) is 0 Å². The molecule has 2 fully saturated rings. The van der Waals surface area contributed by atoms with E-state index in [9.17, 15) is 0 Å². The van der Waals surface area contributed by atoms with Crippen molar-refractivity contribution in [2.24, 2.45) is 5.92 Å². The monoisotopic (exact) mass is 143 g/mol. The normalized spacial score (nSPS) is 36.7. The van der Waals surface area contributed by atoms with Crippen LogP contribution in [0.3, 0.4) is 0 Å². The third kappa shape index (κ3) is 1.41. The molecule has 52 valence electrons. The minimum atomic E-state index is 0.878. The molecular formula is C7H13NS. The summed E-state index contributed by atoms with van der Waals surface area (Å²) >= 11 is 1.92. The summed E-state index contributed by atoms with van der Waals surface area (Å²) in [4.78, 5) is 0. The van der Waals surface area contributed by atoms with Gasteiger partial charge in [0.2, 0.25) is 0 Å². The fourth-order valence-electron chi connectivity index (χ4n) is 1.43. The largest absolute Gasteiger partial charge is 0.261 e. The van der Waals surface area contributed by atoms with Gasteiger partial charge in [-0.15, -0.1) is 0 Å². The Balaban J connectivity index is 1.80. The Hall–Kier alpha value is 0.310. The zero-order chi connectivity index (χ0) is 6.10. The Bertz CT molecular complexity index is 95.1. The highest BCUT2D eigenvalue weighted by Crippen LogP contribution is 2.36. The first-order chi connectivity index (χ1) is 4.47. The van der Waals surface area contributed by atoms with Gasteiger partial charge < -0.3 is 0 Å². The van der Waals surface area contributed by atoms with Gasteiger partial charge in [-0.3, -0.25) is 4.72 Å². The fourth-order valence-corrected chi connectivity index (χ4v) is 2.38. The van der Waals surface area contributed by atoms with Gasteiger partial charge in [0.05, 0.1) is 0 Å². The molecule has 1 heterocycles. The number of nitrogens with one attached hydrogen (secondary N) is 1. The first-order valence-corrected chi connectivity index (χ1v) is 4.83. The molecule has 9 heavy (non-hydrogen) atoms. The average molecular weight is 143 g/mol. The first kappa shape index (κ1) is 6.05. The smallest absolute Gasteiger partial charge is 0.0200 e. The Morgan fingerprint density at radius 3 is 2.67 bits per heavy atom. The second-order valence-electron chi connectivity index (χ2n) is 3.05. The molecule has 1 unspecified atom stereocenters. The quantitative estimate of drug-likeness (QED) is 0.562. The summed E-state index contributed by atoms with van der Waals surface area (Å²) in [5, 5.41) is 0. The standard InChI is InChI=1S/C7H13NS/c1-2-7(6-3-4-6)8-9-5-1/h6-8H,1-5H2. The molecule has 1 saturated heterocycles. The van der Waals surface area contributed by atoms with Gasteiger partial charge >= 0.3 is 0 Å². The van der Waals surface area contributed by atoms with E-state index in [4.69, 9.17) is 0 Å². The third-order valence-electron chi connectivity index (χ3n) is 2.19. The molecule has 1 atom stereocenters. The molecule has 1 N–H and O–H groups in total. The van der Waals surface area contributed by atoms with Gasteiger partial charge in [-0.25, -0.2) is 0 Å². The number of rotatable bonds is 1. The molecule has 2 heteroatoms. The summed E-state index contributed by atoms with van der Waals surface area (Å²) in [5.41, 5.74) is 0. The van der Waals surface area contributed by atoms with Gasteiger partial charge in [0.15, 0.2) is 0 Å². The summed E-state index contributed by atoms with van der Waals surface area (Å²) in [5.74, 6) is 2.38. The van der Waals surface area contributed by atoms with Crippen LogP contribution in [-0.2, 0) is 0 Å². The van der Waals surface area contributed by atoms with E-state index in [1.165, 1.54) is 31.4 Å². The molecule has 0 radical (unpaired) electrons. The summed E-state index contributed by atoms with van der Waals surface area (Å²) in [6.07, 6.45) is 5.83. The molecule has 0 aromatic rings. The molecule has 1 aliphatic heterocycles. The SMILES string of the molecule is C1CSNC(C2CC2)C1. The summed E-state index contributed by atoms with van der Waals surface area (Å²) in [6, 6.07) is 0.878. The maximum absolute atomic E-state index is 3.50. The highest BCUT2D eigenvalue weighted by Gasteiger charge is 2.31. The molecule has 0 aromatic heterocycles. The molecule has 1 saturated carbocycles. The van der Waals surface area contributed by atoms with Crippen molar-refractivity contribution < 1.29 is 0 Å². The highest BCUT2D eigenvalue weighted by atomic mass is 32.2. The van der Waals surface area contributed by atoms with Crippen molar-refractivity contribution in [3.05, 3.63) is 0 Å². The van der Waals surface area contributed by atoms with E-state index in [0.29, 0.717) is 0 Å². The molecule has 1 aliphatic carbocycles. The van der Waals surface area contributed by atoms with Gasteiger partial charge in [0.1, 0.15) is 0 Å². The third-order valence-corrected chi connectivity index (χ3v) is 3.15. The molecule has 0 amide bonds. The van der Waals surface area contributed by atoms with E-state index in [2.05, 4.69) is 4.72 Å². The Morgan fingerprint density at radius 2 is 2.11 bits per heavy atom. The van der Waals surface area contributed by atoms with Crippen molar-refractivity contribution in [3.8, 4) is 0 Å². The van der Waals surface area contributed by atoms with E-state index >= 15 is 0 Å². The Morgan fingerprint density at radius 1 is 1.22 bits per heavy atom.